The third-order valence-corrected chi connectivity index (χ3v) is 8.04. The van der Waals surface area contributed by atoms with Crippen LogP contribution in [0.25, 0.3) is 44.3 Å². The van der Waals surface area contributed by atoms with Crippen molar-refractivity contribution in [2.75, 3.05) is 19.0 Å². The largest absolute Gasteiger partial charge is 0.458 e. The van der Waals surface area contributed by atoms with E-state index in [2.05, 4.69) is 40.1 Å². The third-order valence-electron chi connectivity index (χ3n) is 8.04. The molecule has 0 atom stereocenters. The zero-order chi connectivity index (χ0) is 33.7. The fourth-order valence-corrected chi connectivity index (χ4v) is 5.86. The molecule has 0 saturated carbocycles. The second-order valence-electron chi connectivity index (χ2n) is 11.2. The van der Waals surface area contributed by atoms with Crippen LogP contribution in [0.1, 0.15) is 4.11 Å². The van der Waals surface area contributed by atoms with Crippen LogP contribution in [0.4, 0.5) is 5.69 Å². The van der Waals surface area contributed by atoms with Crippen molar-refractivity contribution < 1.29 is 18.2 Å². The monoisotopic (exact) mass is 604 g/mol. The van der Waals surface area contributed by atoms with Crippen LogP contribution in [0.2, 0.25) is 0 Å². The van der Waals surface area contributed by atoms with Crippen LogP contribution in [-0.2, 0) is 6.98 Å². The topological polar surface area (TPSA) is 48.3 Å². The van der Waals surface area contributed by atoms with Crippen LogP contribution in [-0.4, -0.2) is 28.2 Å². The van der Waals surface area contributed by atoms with Crippen LogP contribution in [0.5, 0.6) is 23.0 Å². The molecule has 0 saturated heterocycles. The zero-order valence-corrected chi connectivity index (χ0v) is 25.3. The average Bonchev–Trinajstić information content (AvgIpc) is 3.65. The van der Waals surface area contributed by atoms with Gasteiger partial charge in [0.2, 0.25) is 6.33 Å². The number of nitrogens with zero attached hydrogens (tertiary/aromatic N) is 5. The van der Waals surface area contributed by atoms with Crippen molar-refractivity contribution in [1.82, 2.24) is 14.1 Å². The summed E-state index contributed by atoms with van der Waals surface area (Å²) in [5, 5.41) is 2.21. The molecular formula is C39H31N5O2. The Kier molecular flexibility index (Phi) is 5.87. The van der Waals surface area contributed by atoms with Crippen LogP contribution in [0.15, 0.2) is 134 Å². The molecule has 0 unspecified atom stereocenters. The molecule has 0 aliphatic heterocycles. The molecular weight excluding hydrogens is 570 g/mol. The molecule has 224 valence electrons. The van der Waals surface area contributed by atoms with Crippen molar-refractivity contribution in [2.24, 2.45) is 6.98 Å². The van der Waals surface area contributed by atoms with E-state index in [0.29, 0.717) is 39.7 Å². The number of benzene rings is 5. The van der Waals surface area contributed by atoms with E-state index in [0.717, 1.165) is 33.3 Å². The van der Waals surface area contributed by atoms with Gasteiger partial charge in [0.1, 0.15) is 28.8 Å². The van der Waals surface area contributed by atoms with Crippen molar-refractivity contribution in [2.45, 2.75) is 0 Å². The first-order valence-electron chi connectivity index (χ1n) is 16.4. The molecule has 0 aliphatic carbocycles. The van der Waals surface area contributed by atoms with E-state index in [9.17, 15) is 0 Å². The molecule has 7 heteroatoms. The summed E-state index contributed by atoms with van der Waals surface area (Å²) in [5.41, 5.74) is 4.89. The first kappa shape index (κ1) is 24.3. The van der Waals surface area contributed by atoms with Crippen molar-refractivity contribution >= 4 is 38.5 Å². The molecule has 8 rings (SSSR count). The van der Waals surface area contributed by atoms with Crippen molar-refractivity contribution in [1.29, 1.82) is 0 Å². The highest BCUT2D eigenvalue weighted by Gasteiger charge is 2.15. The number of hydrogen-bond donors (Lipinski definition) is 0. The third kappa shape index (κ3) is 4.88. The lowest BCUT2D eigenvalue weighted by Gasteiger charge is -2.14. The summed E-state index contributed by atoms with van der Waals surface area (Å²) in [7, 11) is 4.03. The molecule has 0 amide bonds. The Bertz CT molecular complexity index is 2490. The van der Waals surface area contributed by atoms with Gasteiger partial charge >= 0.3 is 0 Å². The first-order chi connectivity index (χ1) is 23.7. The maximum Gasteiger partial charge on any atom is 0.244 e. The quantitative estimate of drug-likeness (QED) is 0.135. The molecule has 0 bridgehead atoms. The Morgan fingerprint density at radius 1 is 0.674 bits per heavy atom. The summed E-state index contributed by atoms with van der Waals surface area (Å²) >= 11 is 0. The lowest BCUT2D eigenvalue weighted by atomic mass is 10.1. The number of para-hydroxylation sites is 2. The number of rotatable bonds is 7. The Balaban J connectivity index is 1.18. The van der Waals surface area contributed by atoms with Gasteiger partial charge in [0.05, 0.1) is 38.8 Å². The zero-order valence-electron chi connectivity index (χ0n) is 28.3. The predicted molar refractivity (Wildman–Crippen MR) is 183 cm³/mol. The van der Waals surface area contributed by atoms with E-state index in [1.54, 1.807) is 10.6 Å². The summed E-state index contributed by atoms with van der Waals surface area (Å²) in [6, 6.07) is 40.7. The minimum Gasteiger partial charge on any atom is -0.458 e. The van der Waals surface area contributed by atoms with Gasteiger partial charge in [0, 0.05) is 48.9 Å². The molecule has 0 radical (unpaired) electrons. The minimum absolute atomic E-state index is 0.463. The van der Waals surface area contributed by atoms with Crippen molar-refractivity contribution in [3.8, 4) is 34.5 Å². The summed E-state index contributed by atoms with van der Waals surface area (Å²) in [6.45, 7) is -2.46. The summed E-state index contributed by atoms with van der Waals surface area (Å²) in [5.74, 6) is 3.24. The number of aryl methyl sites for hydroxylation is 1. The molecule has 3 aromatic heterocycles. The predicted octanol–water partition coefficient (Wildman–Crippen LogP) is 8.40. The molecule has 0 N–H and O–H groups in total. The molecule has 5 aromatic carbocycles. The Labute approximate surface area is 270 Å². The number of imidazole rings is 1. The van der Waals surface area contributed by atoms with E-state index in [1.165, 1.54) is 4.57 Å². The van der Waals surface area contributed by atoms with Gasteiger partial charge in [-0.05, 0) is 60.7 Å². The van der Waals surface area contributed by atoms with Crippen LogP contribution in [0, 0.1) is 6.33 Å². The van der Waals surface area contributed by atoms with Crippen LogP contribution < -0.4 is 18.9 Å². The summed E-state index contributed by atoms with van der Waals surface area (Å²) in [4.78, 5) is 6.79. The van der Waals surface area contributed by atoms with Gasteiger partial charge in [-0.1, -0.05) is 54.6 Å². The van der Waals surface area contributed by atoms with E-state index in [-0.39, 0.29) is 0 Å². The lowest BCUT2D eigenvalue weighted by Crippen LogP contribution is -2.26. The molecule has 0 aliphatic rings. The molecule has 8 aromatic rings. The molecule has 3 heterocycles. The fraction of sp³-hybridized carbons (Fsp3) is 0.0769. The summed E-state index contributed by atoms with van der Waals surface area (Å²) in [6.07, 6.45) is 4.88. The number of ether oxygens (including phenoxy) is 2. The number of fused-ring (bicyclic) bond motifs is 4. The second kappa shape index (κ2) is 11.1. The normalized spacial score (nSPS) is 12.6. The number of anilines is 1. The Hall–Kier alpha value is -6.08. The Morgan fingerprint density at radius 2 is 1.41 bits per heavy atom. The van der Waals surface area contributed by atoms with E-state index < -0.39 is 6.98 Å². The SMILES string of the molecule is [2H]C([2H])([2H])[n+]1[c-]n(-c2cccc(Oc3ccc4c5ccccc5n(-c5cc(N(C)C)ccn5)c4c3)c2)c2ccc(Oc3ccccc3)cc21. The maximum atomic E-state index is 8.21. The molecule has 0 spiro atoms. The van der Waals surface area contributed by atoms with E-state index >= 15 is 0 Å². The van der Waals surface area contributed by atoms with Gasteiger partial charge in [-0.2, -0.15) is 0 Å². The molecule has 0 fully saturated rings. The molecule has 46 heavy (non-hydrogen) atoms. The number of pyridine rings is 1. The highest BCUT2D eigenvalue weighted by molar-refractivity contribution is 6.09. The van der Waals surface area contributed by atoms with Gasteiger partial charge in [0.15, 0.2) is 0 Å². The highest BCUT2D eigenvalue weighted by atomic mass is 16.5. The first-order valence-corrected chi connectivity index (χ1v) is 14.9. The number of hydrogen-bond acceptors (Lipinski definition) is 4. The fourth-order valence-electron chi connectivity index (χ4n) is 5.86. The summed E-state index contributed by atoms with van der Waals surface area (Å²) < 4.78 is 42.1. The lowest BCUT2D eigenvalue weighted by molar-refractivity contribution is -0.649. The smallest absolute Gasteiger partial charge is 0.244 e. The maximum absolute atomic E-state index is 8.21. The molecule has 7 nitrogen and oxygen atoms in total. The highest BCUT2D eigenvalue weighted by Crippen LogP contribution is 2.36. The van der Waals surface area contributed by atoms with Crippen LogP contribution >= 0.6 is 0 Å². The van der Waals surface area contributed by atoms with E-state index in [4.69, 9.17) is 18.6 Å². The van der Waals surface area contributed by atoms with Gasteiger partial charge < -0.3 is 23.5 Å². The van der Waals surface area contributed by atoms with Crippen molar-refractivity contribution in [3.05, 3.63) is 140 Å². The van der Waals surface area contributed by atoms with Crippen LogP contribution in [0.3, 0.4) is 0 Å². The Morgan fingerprint density at radius 3 is 2.28 bits per heavy atom. The van der Waals surface area contributed by atoms with E-state index in [1.807, 2.05) is 117 Å². The van der Waals surface area contributed by atoms with Gasteiger partial charge in [-0.3, -0.25) is 4.57 Å². The van der Waals surface area contributed by atoms with Gasteiger partial charge in [-0.25, -0.2) is 4.98 Å². The van der Waals surface area contributed by atoms with Gasteiger partial charge in [-0.15, -0.1) is 0 Å². The number of aromatic nitrogens is 4. The standard InChI is InChI=1S/C39H31N5O2/c1-41(2)27-20-21-40-39(23-27)44-35-15-8-7-14-33(35)34-18-16-31(24-37(34)44)46-30-13-9-10-28(22-30)43-26-42(3)38-25-32(17-19-36(38)43)45-29-11-5-4-6-12-29/h4-25H,1-3H3/i3D3. The van der Waals surface area contributed by atoms with Gasteiger partial charge in [0.25, 0.3) is 0 Å². The van der Waals surface area contributed by atoms with Crippen molar-refractivity contribution in [3.63, 3.8) is 0 Å². The minimum atomic E-state index is -2.46. The average molecular weight is 605 g/mol. The second-order valence-corrected chi connectivity index (χ2v) is 11.2.